The van der Waals surface area contributed by atoms with Gasteiger partial charge in [-0.25, -0.2) is 8.78 Å². The molecule has 2 aromatic carbocycles. The number of hydrogen-bond donors (Lipinski definition) is 0. The van der Waals surface area contributed by atoms with Gasteiger partial charge in [-0.1, -0.05) is 37.3 Å². The minimum atomic E-state index is -0.974. The molecule has 0 aliphatic rings. The highest BCUT2D eigenvalue weighted by atomic mass is 19.2. The lowest BCUT2D eigenvalue weighted by Crippen LogP contribution is -1.98. The Labute approximate surface area is 140 Å². The Hall–Kier alpha value is -2.23. The molecule has 2 aromatic rings. The second-order valence-corrected chi connectivity index (χ2v) is 5.41. The molecule has 0 heterocycles. The number of ether oxygens (including phenoxy) is 1. The summed E-state index contributed by atoms with van der Waals surface area (Å²) in [6.07, 6.45) is 3.30. The van der Waals surface area contributed by atoms with E-state index in [4.69, 9.17) is 4.74 Å². The zero-order valence-corrected chi connectivity index (χ0v) is 13.9. The van der Waals surface area contributed by atoms with Crippen molar-refractivity contribution in [1.82, 2.24) is 0 Å². The Morgan fingerprint density at radius 1 is 1.00 bits per heavy atom. The maximum absolute atomic E-state index is 14.2. The minimum absolute atomic E-state index is 0.0832. The highest BCUT2D eigenvalue weighted by Gasteiger charge is 2.15. The number of hydrogen-bond acceptors (Lipinski definition) is 1. The molecule has 0 spiro atoms. The molecule has 2 rings (SSSR count). The summed E-state index contributed by atoms with van der Waals surface area (Å²) in [6.45, 7) is 3.76. The standard InChI is InChI=1S/C20H21F3O/c1-3-16(21)7-5-6-14-8-10-15(11-9-14)17-12-13-18(24-4-2)20(23)19(17)22/h7-13H,3-6H2,1-2H3/b16-7+. The van der Waals surface area contributed by atoms with Gasteiger partial charge in [-0.3, -0.25) is 0 Å². The molecule has 0 unspecified atom stereocenters. The molecule has 128 valence electrons. The van der Waals surface area contributed by atoms with Crippen LogP contribution in [0.25, 0.3) is 11.1 Å². The molecule has 0 saturated heterocycles. The van der Waals surface area contributed by atoms with Crippen molar-refractivity contribution >= 4 is 0 Å². The number of benzene rings is 2. The SMILES string of the molecule is CCOc1ccc(-c2ccc(CC/C=C(/F)CC)cc2)c(F)c1F. The summed E-state index contributed by atoms with van der Waals surface area (Å²) < 4.78 is 46.3. The van der Waals surface area contributed by atoms with Crippen LogP contribution in [-0.2, 0) is 6.42 Å². The zero-order valence-electron chi connectivity index (χ0n) is 13.9. The van der Waals surface area contributed by atoms with E-state index in [1.165, 1.54) is 12.1 Å². The number of rotatable bonds is 7. The molecule has 0 fully saturated rings. The summed E-state index contributed by atoms with van der Waals surface area (Å²) >= 11 is 0. The molecule has 0 aliphatic carbocycles. The Bertz CT molecular complexity index is 706. The van der Waals surface area contributed by atoms with Gasteiger partial charge in [-0.05, 0) is 49.4 Å². The lowest BCUT2D eigenvalue weighted by molar-refractivity contribution is 0.314. The fourth-order valence-electron chi connectivity index (χ4n) is 2.41. The van der Waals surface area contributed by atoms with Crippen molar-refractivity contribution < 1.29 is 17.9 Å². The predicted molar refractivity (Wildman–Crippen MR) is 90.8 cm³/mol. The molecule has 0 saturated carbocycles. The van der Waals surface area contributed by atoms with Gasteiger partial charge in [0.25, 0.3) is 0 Å². The van der Waals surface area contributed by atoms with Crippen molar-refractivity contribution in [2.45, 2.75) is 33.1 Å². The van der Waals surface area contributed by atoms with E-state index < -0.39 is 11.6 Å². The quantitative estimate of drug-likeness (QED) is 0.583. The van der Waals surface area contributed by atoms with Crippen LogP contribution in [0.5, 0.6) is 5.75 Å². The molecule has 0 amide bonds. The molecule has 0 aromatic heterocycles. The van der Waals surface area contributed by atoms with Gasteiger partial charge < -0.3 is 4.74 Å². The average molecular weight is 334 g/mol. The Morgan fingerprint density at radius 2 is 1.71 bits per heavy atom. The highest BCUT2D eigenvalue weighted by Crippen LogP contribution is 2.30. The smallest absolute Gasteiger partial charge is 0.201 e. The molecule has 0 atom stereocenters. The summed E-state index contributed by atoms with van der Waals surface area (Å²) in [6, 6.07) is 10.1. The van der Waals surface area contributed by atoms with E-state index in [2.05, 4.69) is 0 Å². The van der Waals surface area contributed by atoms with Crippen molar-refractivity contribution in [3.8, 4) is 16.9 Å². The summed E-state index contributed by atoms with van der Waals surface area (Å²) in [5, 5.41) is 0. The van der Waals surface area contributed by atoms with E-state index in [-0.39, 0.29) is 23.7 Å². The van der Waals surface area contributed by atoms with E-state index in [0.717, 1.165) is 5.56 Å². The Morgan fingerprint density at radius 3 is 2.33 bits per heavy atom. The minimum Gasteiger partial charge on any atom is -0.491 e. The van der Waals surface area contributed by atoms with Crippen molar-refractivity contribution in [2.24, 2.45) is 0 Å². The van der Waals surface area contributed by atoms with Crippen LogP contribution in [-0.4, -0.2) is 6.61 Å². The molecule has 4 heteroatoms. The number of aryl methyl sites for hydroxylation is 1. The van der Waals surface area contributed by atoms with Crippen molar-refractivity contribution in [1.29, 1.82) is 0 Å². The van der Waals surface area contributed by atoms with Crippen LogP contribution in [0.2, 0.25) is 0 Å². The summed E-state index contributed by atoms with van der Waals surface area (Å²) in [5.41, 5.74) is 1.80. The highest BCUT2D eigenvalue weighted by molar-refractivity contribution is 5.65. The van der Waals surface area contributed by atoms with Gasteiger partial charge in [0.1, 0.15) is 0 Å². The average Bonchev–Trinajstić information content (AvgIpc) is 2.60. The monoisotopic (exact) mass is 334 g/mol. The van der Waals surface area contributed by atoms with Gasteiger partial charge in [0, 0.05) is 5.56 Å². The van der Waals surface area contributed by atoms with Gasteiger partial charge in [-0.15, -0.1) is 0 Å². The summed E-state index contributed by atoms with van der Waals surface area (Å²) in [7, 11) is 0. The maximum Gasteiger partial charge on any atom is 0.201 e. The first-order valence-electron chi connectivity index (χ1n) is 8.11. The molecular formula is C20H21F3O. The lowest BCUT2D eigenvalue weighted by atomic mass is 10.0. The van der Waals surface area contributed by atoms with Crippen molar-refractivity contribution in [2.75, 3.05) is 6.61 Å². The topological polar surface area (TPSA) is 9.23 Å². The summed E-state index contributed by atoms with van der Waals surface area (Å²) in [4.78, 5) is 0. The third-order valence-electron chi connectivity index (χ3n) is 3.75. The molecule has 24 heavy (non-hydrogen) atoms. The van der Waals surface area contributed by atoms with E-state index in [1.807, 2.05) is 12.1 Å². The van der Waals surface area contributed by atoms with Crippen LogP contribution in [0.1, 0.15) is 32.3 Å². The third kappa shape index (κ3) is 4.40. The van der Waals surface area contributed by atoms with Gasteiger partial charge >= 0.3 is 0 Å². The van der Waals surface area contributed by atoms with Crippen LogP contribution >= 0.6 is 0 Å². The van der Waals surface area contributed by atoms with Crippen LogP contribution in [0.3, 0.4) is 0 Å². The van der Waals surface area contributed by atoms with Crippen LogP contribution in [0.4, 0.5) is 13.2 Å². The number of halogens is 3. The lowest BCUT2D eigenvalue weighted by Gasteiger charge is -2.09. The molecule has 0 radical (unpaired) electrons. The molecular weight excluding hydrogens is 313 g/mol. The largest absolute Gasteiger partial charge is 0.491 e. The van der Waals surface area contributed by atoms with E-state index >= 15 is 0 Å². The third-order valence-corrected chi connectivity index (χ3v) is 3.75. The first-order valence-corrected chi connectivity index (χ1v) is 8.11. The molecule has 1 nitrogen and oxygen atoms in total. The van der Waals surface area contributed by atoms with Gasteiger partial charge in [-0.2, -0.15) is 4.39 Å². The fourth-order valence-corrected chi connectivity index (χ4v) is 2.41. The zero-order chi connectivity index (χ0) is 17.5. The van der Waals surface area contributed by atoms with Gasteiger partial charge in [0.2, 0.25) is 5.82 Å². The second kappa shape index (κ2) is 8.57. The summed E-state index contributed by atoms with van der Waals surface area (Å²) in [5.74, 6) is -2.08. The molecule has 0 N–H and O–H groups in total. The van der Waals surface area contributed by atoms with Crippen molar-refractivity contribution in [3.63, 3.8) is 0 Å². The van der Waals surface area contributed by atoms with Crippen molar-refractivity contribution in [3.05, 3.63) is 65.5 Å². The Kier molecular flexibility index (Phi) is 6.47. The predicted octanol–water partition coefficient (Wildman–Crippen LogP) is 6.23. The fraction of sp³-hybridized carbons (Fsp3) is 0.300. The molecule has 0 bridgehead atoms. The van der Waals surface area contributed by atoms with Gasteiger partial charge in [0.15, 0.2) is 11.6 Å². The Balaban J connectivity index is 2.15. The van der Waals surface area contributed by atoms with Crippen LogP contribution in [0, 0.1) is 11.6 Å². The van der Waals surface area contributed by atoms with E-state index in [0.29, 0.717) is 24.8 Å². The number of allylic oxidation sites excluding steroid dienone is 2. The van der Waals surface area contributed by atoms with Gasteiger partial charge in [0.05, 0.1) is 12.4 Å². The first-order chi connectivity index (χ1) is 11.6. The first kappa shape index (κ1) is 18.1. The molecule has 0 aliphatic heterocycles. The van der Waals surface area contributed by atoms with Crippen LogP contribution < -0.4 is 4.74 Å². The normalized spacial score (nSPS) is 11.6. The maximum atomic E-state index is 14.2. The van der Waals surface area contributed by atoms with Crippen LogP contribution in [0.15, 0.2) is 48.3 Å². The second-order valence-electron chi connectivity index (χ2n) is 5.41. The van der Waals surface area contributed by atoms with E-state index in [1.54, 1.807) is 32.1 Å². The van der Waals surface area contributed by atoms with E-state index in [9.17, 15) is 13.2 Å².